The molecule has 1 saturated carbocycles. The molecule has 3 rings (SSSR count). The quantitative estimate of drug-likeness (QED) is 0.935. The first-order valence-electron chi connectivity index (χ1n) is 7.53. The van der Waals surface area contributed by atoms with Crippen molar-refractivity contribution in [3.8, 4) is 17.7 Å². The van der Waals surface area contributed by atoms with Gasteiger partial charge in [-0.05, 0) is 55.2 Å². The van der Waals surface area contributed by atoms with Crippen LogP contribution in [0.15, 0.2) is 36.5 Å². The largest absolute Gasteiger partial charge is 0.438 e. The monoisotopic (exact) mass is 307 g/mol. The molecule has 0 unspecified atom stereocenters. The molecule has 1 aliphatic rings. The summed E-state index contributed by atoms with van der Waals surface area (Å²) in [6, 6.07) is 10.8. The highest BCUT2D eigenvalue weighted by Gasteiger charge is 2.39. The second-order valence-electron chi connectivity index (χ2n) is 5.86. The van der Waals surface area contributed by atoms with Gasteiger partial charge in [-0.2, -0.15) is 5.26 Å². The predicted octanol–water partition coefficient (Wildman–Crippen LogP) is 3.65. The lowest BCUT2D eigenvalue weighted by Gasteiger charge is -2.11. The number of aryl methyl sites for hydroxylation is 1. The summed E-state index contributed by atoms with van der Waals surface area (Å²) in [6.07, 6.45) is 2.54. The van der Waals surface area contributed by atoms with E-state index in [0.29, 0.717) is 17.2 Å². The molecule has 2 aromatic rings. The minimum atomic E-state index is 0.0748. The molecule has 5 heteroatoms. The van der Waals surface area contributed by atoms with Gasteiger partial charge in [0.05, 0.1) is 0 Å². The van der Waals surface area contributed by atoms with E-state index >= 15 is 0 Å². The van der Waals surface area contributed by atoms with Crippen LogP contribution in [0.2, 0.25) is 0 Å². The Morgan fingerprint density at radius 1 is 1.43 bits per heavy atom. The lowest BCUT2D eigenvalue weighted by atomic mass is 10.2. The summed E-state index contributed by atoms with van der Waals surface area (Å²) in [4.78, 5) is 16.1. The van der Waals surface area contributed by atoms with Crippen LogP contribution < -0.4 is 10.1 Å². The summed E-state index contributed by atoms with van der Waals surface area (Å²) >= 11 is 0. The van der Waals surface area contributed by atoms with Crippen LogP contribution in [0.5, 0.6) is 11.6 Å². The SMILES string of the molecule is Cc1cc(Oc2ncccc2C#N)ccc1NC(=O)[C@@H]1C[C@@H]1C. The molecule has 0 radical (unpaired) electrons. The molecule has 0 aliphatic heterocycles. The first kappa shape index (κ1) is 15.0. The van der Waals surface area contributed by atoms with Crippen molar-refractivity contribution in [3.05, 3.63) is 47.7 Å². The number of carbonyl (C=O) groups is 1. The molecule has 5 nitrogen and oxygen atoms in total. The van der Waals surface area contributed by atoms with Crippen LogP contribution in [0.4, 0.5) is 5.69 Å². The van der Waals surface area contributed by atoms with Crippen molar-refractivity contribution in [2.45, 2.75) is 20.3 Å². The van der Waals surface area contributed by atoms with E-state index in [9.17, 15) is 4.79 Å². The zero-order valence-electron chi connectivity index (χ0n) is 13.0. The Morgan fingerprint density at radius 2 is 2.22 bits per heavy atom. The number of nitriles is 1. The van der Waals surface area contributed by atoms with Crippen LogP contribution in [0, 0.1) is 30.1 Å². The van der Waals surface area contributed by atoms with Gasteiger partial charge in [-0.25, -0.2) is 4.98 Å². The molecule has 1 amide bonds. The van der Waals surface area contributed by atoms with Crippen molar-refractivity contribution < 1.29 is 9.53 Å². The number of anilines is 1. The molecule has 23 heavy (non-hydrogen) atoms. The zero-order chi connectivity index (χ0) is 16.4. The fourth-order valence-electron chi connectivity index (χ4n) is 2.42. The molecule has 1 fully saturated rings. The molecular formula is C18H17N3O2. The third kappa shape index (κ3) is 3.32. The highest BCUT2D eigenvalue weighted by Crippen LogP contribution is 2.38. The Bertz CT molecular complexity index is 795. The number of amides is 1. The number of ether oxygens (including phenoxy) is 1. The molecule has 0 bridgehead atoms. The molecule has 116 valence electrons. The summed E-state index contributed by atoms with van der Waals surface area (Å²) < 4.78 is 5.67. The lowest BCUT2D eigenvalue weighted by molar-refractivity contribution is -0.117. The van der Waals surface area contributed by atoms with Gasteiger partial charge >= 0.3 is 0 Å². The molecule has 0 saturated heterocycles. The minimum Gasteiger partial charge on any atom is -0.438 e. The number of pyridine rings is 1. The van der Waals surface area contributed by atoms with Gasteiger partial charge in [0.1, 0.15) is 17.4 Å². The normalized spacial score (nSPS) is 18.8. The molecular weight excluding hydrogens is 290 g/mol. The smallest absolute Gasteiger partial charge is 0.237 e. The van der Waals surface area contributed by atoms with Gasteiger partial charge < -0.3 is 10.1 Å². The van der Waals surface area contributed by atoms with Crippen molar-refractivity contribution in [1.29, 1.82) is 5.26 Å². The number of rotatable bonds is 4. The van der Waals surface area contributed by atoms with Crippen molar-refractivity contribution in [2.24, 2.45) is 11.8 Å². The van der Waals surface area contributed by atoms with Crippen molar-refractivity contribution >= 4 is 11.6 Å². The molecule has 1 aromatic carbocycles. The maximum Gasteiger partial charge on any atom is 0.237 e. The number of carbonyl (C=O) groups excluding carboxylic acids is 1. The predicted molar refractivity (Wildman–Crippen MR) is 86.1 cm³/mol. The Labute approximate surface area is 134 Å². The van der Waals surface area contributed by atoms with Gasteiger partial charge in [-0.15, -0.1) is 0 Å². The number of aromatic nitrogens is 1. The summed E-state index contributed by atoms with van der Waals surface area (Å²) in [5.74, 6) is 1.54. The maximum atomic E-state index is 12.0. The number of hydrogen-bond donors (Lipinski definition) is 1. The number of nitrogens with one attached hydrogen (secondary N) is 1. The second kappa shape index (κ2) is 6.09. The topological polar surface area (TPSA) is 75.0 Å². The Hall–Kier alpha value is -2.87. The van der Waals surface area contributed by atoms with Gasteiger partial charge in [-0.3, -0.25) is 4.79 Å². The average Bonchev–Trinajstić information content (AvgIpc) is 3.27. The highest BCUT2D eigenvalue weighted by molar-refractivity contribution is 5.95. The number of benzene rings is 1. The van der Waals surface area contributed by atoms with E-state index in [4.69, 9.17) is 10.00 Å². The first-order valence-corrected chi connectivity index (χ1v) is 7.53. The van der Waals surface area contributed by atoms with Crippen LogP contribution in [0.25, 0.3) is 0 Å². The Balaban J connectivity index is 1.74. The van der Waals surface area contributed by atoms with E-state index in [-0.39, 0.29) is 17.7 Å². The van der Waals surface area contributed by atoms with E-state index < -0.39 is 0 Å². The van der Waals surface area contributed by atoms with Crippen molar-refractivity contribution in [3.63, 3.8) is 0 Å². The van der Waals surface area contributed by atoms with Gasteiger partial charge in [0.2, 0.25) is 11.8 Å². The molecule has 1 aromatic heterocycles. The Morgan fingerprint density at radius 3 is 2.87 bits per heavy atom. The summed E-state index contributed by atoms with van der Waals surface area (Å²) in [6.45, 7) is 3.98. The van der Waals surface area contributed by atoms with E-state index in [1.807, 2.05) is 25.1 Å². The third-order valence-electron chi connectivity index (χ3n) is 4.01. The molecule has 1 N–H and O–H groups in total. The zero-order valence-corrected chi connectivity index (χ0v) is 13.0. The van der Waals surface area contributed by atoms with E-state index in [1.165, 1.54) is 0 Å². The highest BCUT2D eigenvalue weighted by atomic mass is 16.5. The second-order valence-corrected chi connectivity index (χ2v) is 5.86. The maximum absolute atomic E-state index is 12.0. The van der Waals surface area contributed by atoms with Gasteiger partial charge in [0, 0.05) is 17.8 Å². The number of hydrogen-bond acceptors (Lipinski definition) is 4. The molecule has 0 spiro atoms. The molecule has 1 aliphatic carbocycles. The summed E-state index contributed by atoms with van der Waals surface area (Å²) in [5, 5.41) is 12.0. The number of nitrogens with zero attached hydrogens (tertiary/aromatic N) is 2. The van der Waals surface area contributed by atoms with Crippen LogP contribution in [0.1, 0.15) is 24.5 Å². The fourth-order valence-corrected chi connectivity index (χ4v) is 2.42. The third-order valence-corrected chi connectivity index (χ3v) is 4.01. The van der Waals surface area contributed by atoms with E-state index in [0.717, 1.165) is 17.7 Å². The first-order chi connectivity index (χ1) is 11.1. The lowest BCUT2D eigenvalue weighted by Crippen LogP contribution is -2.15. The van der Waals surface area contributed by atoms with Gasteiger partial charge in [-0.1, -0.05) is 6.92 Å². The van der Waals surface area contributed by atoms with Crippen LogP contribution in [-0.2, 0) is 4.79 Å². The van der Waals surface area contributed by atoms with Gasteiger partial charge in [0.15, 0.2) is 0 Å². The fraction of sp³-hybridized carbons (Fsp3) is 0.278. The van der Waals surface area contributed by atoms with E-state index in [1.54, 1.807) is 24.4 Å². The van der Waals surface area contributed by atoms with Crippen LogP contribution in [0.3, 0.4) is 0 Å². The van der Waals surface area contributed by atoms with Gasteiger partial charge in [0.25, 0.3) is 0 Å². The van der Waals surface area contributed by atoms with Crippen LogP contribution >= 0.6 is 0 Å². The summed E-state index contributed by atoms with van der Waals surface area (Å²) in [5.41, 5.74) is 2.06. The average molecular weight is 307 g/mol. The Kier molecular flexibility index (Phi) is 3.98. The van der Waals surface area contributed by atoms with Crippen molar-refractivity contribution in [1.82, 2.24) is 4.98 Å². The van der Waals surface area contributed by atoms with Crippen LogP contribution in [-0.4, -0.2) is 10.9 Å². The molecule has 1 heterocycles. The van der Waals surface area contributed by atoms with E-state index in [2.05, 4.69) is 17.2 Å². The van der Waals surface area contributed by atoms with Crippen molar-refractivity contribution in [2.75, 3.05) is 5.32 Å². The summed E-state index contributed by atoms with van der Waals surface area (Å²) in [7, 11) is 0. The standard InChI is InChI=1S/C18H17N3O2/c1-11-9-15(11)17(22)21-16-6-5-14(8-12(16)2)23-18-13(10-19)4-3-7-20-18/h3-8,11,15H,9H2,1-2H3,(H,21,22)/t11-,15+/m0/s1. The molecule has 2 atom stereocenters. The minimum absolute atomic E-state index is 0.0748.